The average Bonchev–Trinajstić information content (AvgIpc) is 3.03. The number of rotatable bonds is 6. The van der Waals surface area contributed by atoms with Gasteiger partial charge in [-0.3, -0.25) is 0 Å². The van der Waals surface area contributed by atoms with E-state index in [9.17, 15) is 8.42 Å². The molecule has 2 aromatic rings. The minimum Gasteiger partial charge on any atom is -0.493 e. The lowest BCUT2D eigenvalue weighted by Gasteiger charge is -2.25. The summed E-state index contributed by atoms with van der Waals surface area (Å²) in [5.41, 5.74) is 2.03. The number of nitrogens with one attached hydrogen (secondary N) is 1. The van der Waals surface area contributed by atoms with Crippen LogP contribution in [0.3, 0.4) is 0 Å². The molecule has 128 valence electrons. The highest BCUT2D eigenvalue weighted by Gasteiger charge is 2.22. The Morgan fingerprint density at radius 2 is 1.92 bits per heavy atom. The van der Waals surface area contributed by atoms with Gasteiger partial charge in [0.25, 0.3) is 0 Å². The minimum absolute atomic E-state index is 0.0289. The van der Waals surface area contributed by atoms with Crippen LogP contribution in [0.5, 0.6) is 5.75 Å². The van der Waals surface area contributed by atoms with E-state index < -0.39 is 10.0 Å². The fraction of sp³-hybridized carbons (Fsp3) is 0.333. The second kappa shape index (κ2) is 6.93. The molecule has 3 rings (SSSR count). The van der Waals surface area contributed by atoms with Gasteiger partial charge in [-0.05, 0) is 43.4 Å². The Kier molecular flexibility index (Phi) is 4.89. The van der Waals surface area contributed by atoms with Crippen molar-refractivity contribution in [1.29, 1.82) is 0 Å². The fourth-order valence-electron chi connectivity index (χ4n) is 2.88. The highest BCUT2D eigenvalue weighted by atomic mass is 32.2. The monoisotopic (exact) mass is 346 g/mol. The number of benzene rings is 2. The van der Waals surface area contributed by atoms with Crippen molar-refractivity contribution >= 4 is 10.0 Å². The van der Waals surface area contributed by atoms with E-state index in [2.05, 4.69) is 4.72 Å². The Balaban J connectivity index is 1.76. The lowest BCUT2D eigenvalue weighted by molar-refractivity contribution is 0.299. The molecule has 0 aliphatic carbocycles. The second-order valence-corrected chi connectivity index (χ2v) is 7.88. The third-order valence-electron chi connectivity index (χ3n) is 4.25. The lowest BCUT2D eigenvalue weighted by atomic mass is 10.1. The maximum Gasteiger partial charge on any atom is 0.240 e. The van der Waals surface area contributed by atoms with Crippen LogP contribution in [0.15, 0.2) is 53.4 Å². The Morgan fingerprint density at radius 3 is 2.62 bits per heavy atom. The first-order chi connectivity index (χ1) is 11.5. The average molecular weight is 346 g/mol. The molecule has 1 aliphatic rings. The third-order valence-corrected chi connectivity index (χ3v) is 5.67. The maximum absolute atomic E-state index is 12.6. The molecule has 1 heterocycles. The van der Waals surface area contributed by atoms with Gasteiger partial charge >= 0.3 is 0 Å². The second-order valence-electron chi connectivity index (χ2n) is 6.11. The van der Waals surface area contributed by atoms with Crippen LogP contribution < -0.4 is 9.46 Å². The normalized spacial score (nSPS) is 15.1. The van der Waals surface area contributed by atoms with E-state index >= 15 is 0 Å². The van der Waals surface area contributed by atoms with Gasteiger partial charge in [0.05, 0.1) is 11.5 Å². The molecule has 2 aromatic carbocycles. The highest BCUT2D eigenvalue weighted by molar-refractivity contribution is 7.89. The van der Waals surface area contributed by atoms with Gasteiger partial charge in [0.15, 0.2) is 0 Å². The predicted octanol–water partition coefficient (Wildman–Crippen LogP) is 2.20. The molecule has 0 fully saturated rings. The number of hydrogen-bond acceptors (Lipinski definition) is 4. The van der Waals surface area contributed by atoms with Gasteiger partial charge in [0.1, 0.15) is 5.75 Å². The van der Waals surface area contributed by atoms with Crippen LogP contribution >= 0.6 is 0 Å². The summed E-state index contributed by atoms with van der Waals surface area (Å²) in [5, 5.41) is 0. The summed E-state index contributed by atoms with van der Waals surface area (Å²) in [7, 11) is 0.336. The van der Waals surface area contributed by atoms with Gasteiger partial charge in [-0.25, -0.2) is 13.1 Å². The van der Waals surface area contributed by atoms with Crippen LogP contribution in [-0.4, -0.2) is 40.6 Å². The Labute approximate surface area is 143 Å². The third kappa shape index (κ3) is 3.61. The molecular formula is C18H22N2O3S. The summed E-state index contributed by atoms with van der Waals surface area (Å²) >= 11 is 0. The topological polar surface area (TPSA) is 58.6 Å². The zero-order valence-corrected chi connectivity index (χ0v) is 14.7. The number of nitrogens with zero attached hydrogens (tertiary/aromatic N) is 1. The zero-order chi connectivity index (χ0) is 17.2. The maximum atomic E-state index is 12.6. The minimum atomic E-state index is -3.55. The standard InChI is InChI=1S/C18H22N2O3S/c1-20(2)17(14-6-4-3-5-7-14)13-19-24(21,22)16-8-9-18-15(12-16)10-11-23-18/h3-9,12,17,19H,10-11,13H2,1-2H3. The van der Waals surface area contributed by atoms with Crippen molar-refractivity contribution in [2.24, 2.45) is 0 Å². The van der Waals surface area contributed by atoms with E-state index in [1.807, 2.05) is 49.3 Å². The predicted molar refractivity (Wildman–Crippen MR) is 93.7 cm³/mol. The van der Waals surface area contributed by atoms with Crippen LogP contribution in [0.4, 0.5) is 0 Å². The molecule has 1 unspecified atom stereocenters. The van der Waals surface area contributed by atoms with Crippen molar-refractivity contribution in [1.82, 2.24) is 9.62 Å². The van der Waals surface area contributed by atoms with Crippen molar-refractivity contribution in [3.8, 4) is 5.75 Å². The van der Waals surface area contributed by atoms with Gasteiger partial charge in [-0.1, -0.05) is 30.3 Å². The van der Waals surface area contributed by atoms with Crippen molar-refractivity contribution in [3.63, 3.8) is 0 Å². The molecule has 24 heavy (non-hydrogen) atoms. The molecule has 1 atom stereocenters. The van der Waals surface area contributed by atoms with Gasteiger partial charge < -0.3 is 9.64 Å². The van der Waals surface area contributed by atoms with Gasteiger partial charge in [0.2, 0.25) is 10.0 Å². The summed E-state index contributed by atoms with van der Waals surface area (Å²) < 4.78 is 33.4. The molecule has 0 bridgehead atoms. The number of likely N-dealkylation sites (N-methyl/N-ethyl adjacent to an activating group) is 1. The quantitative estimate of drug-likeness (QED) is 0.871. The Bertz CT molecular complexity index is 804. The first-order valence-electron chi connectivity index (χ1n) is 7.94. The molecular weight excluding hydrogens is 324 g/mol. The summed E-state index contributed by atoms with van der Waals surface area (Å²) in [4.78, 5) is 2.30. The number of hydrogen-bond donors (Lipinski definition) is 1. The molecule has 1 N–H and O–H groups in total. The summed E-state index contributed by atoms with van der Waals surface area (Å²) in [5.74, 6) is 0.782. The summed E-state index contributed by atoms with van der Waals surface area (Å²) in [6.07, 6.45) is 0.753. The fourth-order valence-corrected chi connectivity index (χ4v) is 3.96. The molecule has 0 spiro atoms. The molecule has 0 saturated heterocycles. The van der Waals surface area contributed by atoms with Crippen molar-refractivity contribution in [3.05, 3.63) is 59.7 Å². The zero-order valence-electron chi connectivity index (χ0n) is 13.9. The first-order valence-corrected chi connectivity index (χ1v) is 9.42. The van der Waals surface area contributed by atoms with E-state index in [0.29, 0.717) is 13.2 Å². The van der Waals surface area contributed by atoms with Crippen LogP contribution in [0.25, 0.3) is 0 Å². The summed E-state index contributed by atoms with van der Waals surface area (Å²) in [6, 6.07) is 14.9. The van der Waals surface area contributed by atoms with Gasteiger partial charge in [-0.15, -0.1) is 0 Å². The number of ether oxygens (including phenoxy) is 1. The lowest BCUT2D eigenvalue weighted by Crippen LogP contribution is -2.34. The highest BCUT2D eigenvalue weighted by Crippen LogP contribution is 2.27. The molecule has 0 saturated carbocycles. The molecule has 6 heteroatoms. The van der Waals surface area contributed by atoms with Crippen molar-refractivity contribution in [2.75, 3.05) is 27.2 Å². The van der Waals surface area contributed by atoms with E-state index in [0.717, 1.165) is 23.3 Å². The molecule has 0 radical (unpaired) electrons. The van der Waals surface area contributed by atoms with Crippen molar-refractivity contribution < 1.29 is 13.2 Å². The summed E-state index contributed by atoms with van der Waals surface area (Å²) in [6.45, 7) is 0.926. The van der Waals surface area contributed by atoms with Crippen LogP contribution in [0, 0.1) is 0 Å². The van der Waals surface area contributed by atoms with E-state index in [1.165, 1.54) is 0 Å². The van der Waals surface area contributed by atoms with Crippen LogP contribution in [0.1, 0.15) is 17.2 Å². The number of fused-ring (bicyclic) bond motifs is 1. The first kappa shape index (κ1) is 17.0. The Morgan fingerprint density at radius 1 is 1.17 bits per heavy atom. The van der Waals surface area contributed by atoms with Gasteiger partial charge in [0, 0.05) is 19.0 Å². The van der Waals surface area contributed by atoms with E-state index in [-0.39, 0.29) is 10.9 Å². The molecule has 0 aromatic heterocycles. The molecule has 0 amide bonds. The van der Waals surface area contributed by atoms with Crippen molar-refractivity contribution in [2.45, 2.75) is 17.4 Å². The number of sulfonamides is 1. The van der Waals surface area contributed by atoms with Crippen LogP contribution in [0.2, 0.25) is 0 Å². The SMILES string of the molecule is CN(C)C(CNS(=O)(=O)c1ccc2c(c1)CCO2)c1ccccc1. The Hall–Kier alpha value is -1.89. The molecule has 1 aliphatic heterocycles. The van der Waals surface area contributed by atoms with E-state index in [1.54, 1.807) is 18.2 Å². The van der Waals surface area contributed by atoms with Gasteiger partial charge in [-0.2, -0.15) is 0 Å². The smallest absolute Gasteiger partial charge is 0.240 e. The van der Waals surface area contributed by atoms with E-state index in [4.69, 9.17) is 4.74 Å². The van der Waals surface area contributed by atoms with Crippen LogP contribution in [-0.2, 0) is 16.4 Å². The largest absolute Gasteiger partial charge is 0.493 e. The molecule has 5 nitrogen and oxygen atoms in total.